The molecular weight excluding hydrogens is 366 g/mol. The molecule has 0 saturated carbocycles. The van der Waals surface area contributed by atoms with Crippen LogP contribution in [-0.2, 0) is 9.47 Å². The summed E-state index contributed by atoms with van der Waals surface area (Å²) in [6, 6.07) is 7.66. The molecule has 3 rings (SSSR count). The third-order valence-electron chi connectivity index (χ3n) is 4.63. The van der Waals surface area contributed by atoms with Gasteiger partial charge >= 0.3 is 6.03 Å². The van der Waals surface area contributed by atoms with Crippen LogP contribution in [0.5, 0.6) is 0 Å². The van der Waals surface area contributed by atoms with Crippen molar-refractivity contribution in [2.45, 2.75) is 30.2 Å². The van der Waals surface area contributed by atoms with Crippen LogP contribution in [0.3, 0.4) is 0 Å². The summed E-state index contributed by atoms with van der Waals surface area (Å²) in [5.41, 5.74) is 4.74. The number of urea groups is 1. The van der Waals surface area contributed by atoms with E-state index in [-0.39, 0.29) is 6.61 Å². The summed E-state index contributed by atoms with van der Waals surface area (Å²) in [6.07, 6.45) is 0.159. The first-order chi connectivity index (χ1) is 13.4. The molecule has 2 heterocycles. The highest BCUT2D eigenvalue weighted by atomic mass is 16.6. The lowest BCUT2D eigenvalue weighted by molar-refractivity contribution is -0.0795. The average Bonchev–Trinajstić information content (AvgIpc) is 3.01. The van der Waals surface area contributed by atoms with Crippen molar-refractivity contribution in [2.24, 2.45) is 5.73 Å². The largest absolute Gasteiger partial charge is 0.394 e. The molecule has 0 radical (unpaired) electrons. The van der Waals surface area contributed by atoms with Gasteiger partial charge in [0, 0.05) is 11.8 Å². The van der Waals surface area contributed by atoms with Crippen molar-refractivity contribution in [1.82, 2.24) is 10.2 Å². The van der Waals surface area contributed by atoms with E-state index in [1.54, 1.807) is 30.3 Å². The fourth-order valence-corrected chi connectivity index (χ4v) is 3.16. The summed E-state index contributed by atoms with van der Waals surface area (Å²) in [7, 11) is 0. The van der Waals surface area contributed by atoms with Gasteiger partial charge in [-0.3, -0.25) is 15.4 Å². The summed E-state index contributed by atoms with van der Waals surface area (Å²) in [5, 5.41) is 22.1. The number of benzene rings is 1. The molecule has 1 saturated heterocycles. The van der Waals surface area contributed by atoms with Crippen LogP contribution in [0, 0.1) is 0 Å². The van der Waals surface area contributed by atoms with Gasteiger partial charge < -0.3 is 25.0 Å². The Kier molecular flexibility index (Phi) is 5.92. The van der Waals surface area contributed by atoms with Gasteiger partial charge in [-0.2, -0.15) is 0 Å². The van der Waals surface area contributed by atoms with Crippen molar-refractivity contribution in [3.05, 3.63) is 60.8 Å². The number of ketones is 1. The van der Waals surface area contributed by atoms with E-state index in [1.165, 1.54) is 18.4 Å². The zero-order valence-electron chi connectivity index (χ0n) is 15.1. The van der Waals surface area contributed by atoms with E-state index in [1.807, 2.05) is 0 Å². The summed E-state index contributed by atoms with van der Waals surface area (Å²) in [4.78, 5) is 26.5. The summed E-state index contributed by atoms with van der Waals surface area (Å²) in [6.45, 7) is 3.22. The first-order valence-electron chi connectivity index (χ1n) is 8.76. The van der Waals surface area contributed by atoms with Crippen LogP contribution in [0.1, 0.15) is 10.4 Å². The fourth-order valence-electron chi connectivity index (χ4n) is 3.16. The molecule has 0 bridgehead atoms. The number of aliphatic hydroxyl groups excluding tert-OH is 2. The Hall–Kier alpha value is -2.56. The van der Waals surface area contributed by atoms with Crippen molar-refractivity contribution in [2.75, 3.05) is 13.2 Å². The van der Waals surface area contributed by atoms with Crippen LogP contribution in [0.4, 0.5) is 4.79 Å². The number of nitrogens with one attached hydrogen (secondary N) is 1. The van der Waals surface area contributed by atoms with Crippen LogP contribution in [-0.4, -0.2) is 70.3 Å². The van der Waals surface area contributed by atoms with Gasteiger partial charge in [-0.05, 0) is 6.08 Å². The van der Waals surface area contributed by atoms with Crippen LogP contribution in [0.15, 0.2) is 55.3 Å². The fraction of sp³-hybridized carbons (Fsp3) is 0.368. The van der Waals surface area contributed by atoms with Crippen molar-refractivity contribution in [1.29, 1.82) is 0 Å². The Balaban J connectivity index is 1.82. The number of amides is 2. The summed E-state index contributed by atoms with van der Waals surface area (Å²) in [5.74, 6) is -0.475. The summed E-state index contributed by atoms with van der Waals surface area (Å²) >= 11 is 0. The SMILES string of the molecule is C=CCO[C@@H]1[C@H](O)[C@@H](CO)O[C@H]1N1C=CC(N)(C(=O)c2ccccc2)NC1=O. The maximum Gasteiger partial charge on any atom is 0.325 e. The molecular formula is C19H23N3O6. The normalized spacial score (nSPS) is 32.2. The topological polar surface area (TPSA) is 134 Å². The molecule has 1 aromatic rings. The number of hydrogen-bond acceptors (Lipinski definition) is 7. The molecule has 150 valence electrons. The van der Waals surface area contributed by atoms with E-state index in [0.717, 1.165) is 4.90 Å². The van der Waals surface area contributed by atoms with Crippen molar-refractivity contribution in [3.63, 3.8) is 0 Å². The Morgan fingerprint density at radius 2 is 2.14 bits per heavy atom. The smallest absolute Gasteiger partial charge is 0.325 e. The molecule has 0 aliphatic carbocycles. The van der Waals surface area contributed by atoms with Gasteiger partial charge in [0.05, 0.1) is 13.2 Å². The number of carbonyl (C=O) groups is 2. The van der Waals surface area contributed by atoms with Crippen LogP contribution < -0.4 is 11.1 Å². The summed E-state index contributed by atoms with van der Waals surface area (Å²) < 4.78 is 11.1. The van der Waals surface area contributed by atoms with E-state index >= 15 is 0 Å². The lowest BCUT2D eigenvalue weighted by Gasteiger charge is -2.37. The van der Waals surface area contributed by atoms with E-state index in [9.17, 15) is 19.8 Å². The van der Waals surface area contributed by atoms with Gasteiger partial charge in [-0.1, -0.05) is 36.4 Å². The number of rotatable bonds is 7. The van der Waals surface area contributed by atoms with Crippen LogP contribution in [0.2, 0.25) is 0 Å². The maximum atomic E-state index is 12.7. The highest BCUT2D eigenvalue weighted by molar-refractivity contribution is 6.06. The first kappa shape index (κ1) is 20.2. The Labute approximate surface area is 162 Å². The van der Waals surface area contributed by atoms with Gasteiger partial charge in [-0.15, -0.1) is 6.58 Å². The van der Waals surface area contributed by atoms with Crippen LogP contribution in [0.25, 0.3) is 0 Å². The molecule has 2 amide bonds. The number of hydrogen-bond donors (Lipinski definition) is 4. The molecule has 1 fully saturated rings. The second-order valence-corrected chi connectivity index (χ2v) is 6.54. The minimum Gasteiger partial charge on any atom is -0.394 e. The van der Waals surface area contributed by atoms with Gasteiger partial charge in [-0.25, -0.2) is 4.79 Å². The van der Waals surface area contributed by atoms with E-state index in [2.05, 4.69) is 11.9 Å². The van der Waals surface area contributed by atoms with E-state index in [4.69, 9.17) is 15.2 Å². The molecule has 2 aliphatic heterocycles. The number of Topliss-reactive ketones (excluding diaryl/α,β-unsaturated/α-hetero) is 1. The number of nitrogens with two attached hydrogens (primary N) is 1. The Bertz CT molecular complexity index is 770. The number of aliphatic hydroxyl groups is 2. The van der Waals surface area contributed by atoms with Gasteiger partial charge in [0.1, 0.15) is 18.3 Å². The number of carbonyl (C=O) groups excluding carboxylic acids is 2. The second-order valence-electron chi connectivity index (χ2n) is 6.54. The second kappa shape index (κ2) is 8.21. The highest BCUT2D eigenvalue weighted by Crippen LogP contribution is 2.29. The predicted molar refractivity (Wildman–Crippen MR) is 98.9 cm³/mol. The maximum absolute atomic E-state index is 12.7. The highest BCUT2D eigenvalue weighted by Gasteiger charge is 2.50. The minimum absolute atomic E-state index is 0.117. The lowest BCUT2D eigenvalue weighted by Crippen LogP contribution is -2.66. The predicted octanol–water partition coefficient (Wildman–Crippen LogP) is -0.287. The number of ether oxygens (including phenoxy) is 2. The van der Waals surface area contributed by atoms with Crippen LogP contribution >= 0.6 is 0 Å². The third-order valence-corrected chi connectivity index (χ3v) is 4.63. The molecule has 1 unspecified atom stereocenters. The Morgan fingerprint density at radius 3 is 2.75 bits per heavy atom. The average molecular weight is 389 g/mol. The monoisotopic (exact) mass is 389 g/mol. The van der Waals surface area contributed by atoms with Crippen molar-refractivity contribution >= 4 is 11.8 Å². The Morgan fingerprint density at radius 1 is 1.43 bits per heavy atom. The van der Waals surface area contributed by atoms with E-state index < -0.39 is 48.6 Å². The van der Waals surface area contributed by atoms with Gasteiger partial charge in [0.15, 0.2) is 11.9 Å². The minimum atomic E-state index is -1.72. The van der Waals surface area contributed by atoms with E-state index in [0.29, 0.717) is 5.56 Å². The number of nitrogens with zero attached hydrogens (tertiary/aromatic N) is 1. The third kappa shape index (κ3) is 3.71. The molecule has 9 nitrogen and oxygen atoms in total. The van der Waals surface area contributed by atoms with Crippen molar-refractivity contribution in [3.8, 4) is 0 Å². The standard InChI is InChI=1S/C19H23N3O6/c1-2-10-27-15-14(24)13(11-23)28-17(15)22-9-8-19(20,21-18(22)26)16(25)12-6-4-3-5-7-12/h2-9,13-15,17,23-24H,1,10-11,20H2,(H,21,26)/t13-,14-,15-,17-,19?/m1/s1. The molecule has 28 heavy (non-hydrogen) atoms. The zero-order valence-corrected chi connectivity index (χ0v) is 15.1. The van der Waals surface area contributed by atoms with Gasteiger partial charge in [0.2, 0.25) is 5.78 Å². The molecule has 0 spiro atoms. The molecule has 2 aliphatic rings. The molecule has 0 aromatic heterocycles. The quantitative estimate of drug-likeness (QED) is 0.372. The molecule has 5 atom stereocenters. The molecule has 9 heteroatoms. The van der Waals surface area contributed by atoms with Crippen molar-refractivity contribution < 1.29 is 29.3 Å². The first-order valence-corrected chi connectivity index (χ1v) is 8.76. The lowest BCUT2D eigenvalue weighted by atomic mass is 9.97. The molecule has 5 N–H and O–H groups in total. The zero-order chi connectivity index (χ0) is 20.3. The molecule has 1 aromatic carbocycles. The van der Waals surface area contributed by atoms with Gasteiger partial charge in [0.25, 0.3) is 0 Å².